The predicted octanol–water partition coefficient (Wildman–Crippen LogP) is 2.81. The van der Waals surface area contributed by atoms with Crippen molar-refractivity contribution >= 4 is 12.2 Å². The summed E-state index contributed by atoms with van der Waals surface area (Å²) < 4.78 is 24.4. The van der Waals surface area contributed by atoms with Crippen molar-refractivity contribution in [3.8, 4) is 28.6 Å². The van der Waals surface area contributed by atoms with E-state index in [1.165, 1.54) is 0 Å². The summed E-state index contributed by atoms with van der Waals surface area (Å²) in [7, 11) is 4.75. The quantitative estimate of drug-likeness (QED) is 0.807. The number of hydrogen-bond donors (Lipinski definition) is 1. The SMILES string of the molecule is COc1cc(-c2n[nH]c(=S)n2C[C@@H]2CCCO2)cc(OC)c1OC. The summed E-state index contributed by atoms with van der Waals surface area (Å²) >= 11 is 5.38. The second kappa shape index (κ2) is 7.23. The Labute approximate surface area is 145 Å². The summed E-state index contributed by atoms with van der Waals surface area (Å²) in [6.45, 7) is 1.47. The lowest BCUT2D eigenvalue weighted by Crippen LogP contribution is -2.16. The molecule has 2 aromatic rings. The number of rotatable bonds is 6. The molecule has 0 aliphatic carbocycles. The Balaban J connectivity index is 2.04. The Morgan fingerprint density at radius 2 is 1.96 bits per heavy atom. The molecule has 1 aromatic heterocycles. The molecule has 8 heteroatoms. The van der Waals surface area contributed by atoms with Gasteiger partial charge in [0, 0.05) is 12.2 Å². The average Bonchev–Trinajstić information content (AvgIpc) is 3.24. The Morgan fingerprint density at radius 1 is 1.25 bits per heavy atom. The first-order valence-electron chi connectivity index (χ1n) is 7.75. The molecule has 24 heavy (non-hydrogen) atoms. The third kappa shape index (κ3) is 3.11. The van der Waals surface area contributed by atoms with E-state index in [4.69, 9.17) is 31.2 Å². The van der Waals surface area contributed by atoms with Gasteiger partial charge >= 0.3 is 0 Å². The van der Waals surface area contributed by atoms with Crippen LogP contribution in [0.4, 0.5) is 0 Å². The molecule has 130 valence electrons. The maximum absolute atomic E-state index is 5.72. The van der Waals surface area contributed by atoms with Crippen LogP contribution >= 0.6 is 12.2 Å². The second-order valence-electron chi connectivity index (χ2n) is 5.51. The van der Waals surface area contributed by atoms with E-state index in [0.29, 0.717) is 28.6 Å². The van der Waals surface area contributed by atoms with Gasteiger partial charge in [-0.05, 0) is 37.2 Å². The highest BCUT2D eigenvalue weighted by Crippen LogP contribution is 2.40. The Bertz CT molecular complexity index is 740. The summed E-state index contributed by atoms with van der Waals surface area (Å²) in [5.74, 6) is 2.41. The van der Waals surface area contributed by atoms with Crippen LogP contribution in [0, 0.1) is 4.77 Å². The number of benzene rings is 1. The largest absolute Gasteiger partial charge is 0.493 e. The van der Waals surface area contributed by atoms with Gasteiger partial charge in [-0.2, -0.15) is 5.10 Å². The summed E-state index contributed by atoms with van der Waals surface area (Å²) in [6, 6.07) is 3.72. The molecule has 0 spiro atoms. The van der Waals surface area contributed by atoms with Crippen LogP contribution in [0.25, 0.3) is 11.4 Å². The number of aromatic amines is 1. The molecule has 2 heterocycles. The Kier molecular flexibility index (Phi) is 5.06. The van der Waals surface area contributed by atoms with Crippen molar-refractivity contribution < 1.29 is 18.9 Å². The van der Waals surface area contributed by atoms with Crippen molar-refractivity contribution in [3.63, 3.8) is 0 Å². The van der Waals surface area contributed by atoms with Crippen molar-refractivity contribution in [2.45, 2.75) is 25.5 Å². The van der Waals surface area contributed by atoms with E-state index in [2.05, 4.69) is 10.2 Å². The van der Waals surface area contributed by atoms with E-state index in [1.54, 1.807) is 21.3 Å². The van der Waals surface area contributed by atoms with Crippen molar-refractivity contribution in [1.29, 1.82) is 0 Å². The molecule has 1 fully saturated rings. The number of nitrogens with one attached hydrogen (secondary N) is 1. The van der Waals surface area contributed by atoms with Crippen LogP contribution in [0.1, 0.15) is 12.8 Å². The van der Waals surface area contributed by atoms with Gasteiger partial charge in [0.05, 0.1) is 34.0 Å². The molecule has 1 saturated heterocycles. The molecular weight excluding hydrogens is 330 g/mol. The molecule has 0 bridgehead atoms. The summed E-state index contributed by atoms with van der Waals surface area (Å²) in [6.07, 6.45) is 2.27. The molecule has 1 aromatic carbocycles. The van der Waals surface area contributed by atoms with Crippen molar-refractivity contribution in [1.82, 2.24) is 14.8 Å². The molecule has 0 radical (unpaired) electrons. The first-order valence-corrected chi connectivity index (χ1v) is 8.16. The zero-order chi connectivity index (χ0) is 17.1. The molecule has 1 aliphatic heterocycles. The molecule has 7 nitrogen and oxygen atoms in total. The minimum atomic E-state index is 0.162. The highest BCUT2D eigenvalue weighted by molar-refractivity contribution is 7.71. The third-order valence-corrected chi connectivity index (χ3v) is 4.40. The Morgan fingerprint density at radius 3 is 2.50 bits per heavy atom. The molecule has 0 unspecified atom stereocenters. The number of methoxy groups -OCH3 is 3. The van der Waals surface area contributed by atoms with E-state index < -0.39 is 0 Å². The van der Waals surface area contributed by atoms with Crippen LogP contribution in [0.15, 0.2) is 12.1 Å². The molecule has 1 atom stereocenters. The molecular formula is C16H21N3O4S. The van der Waals surface area contributed by atoms with Gasteiger partial charge in [0.25, 0.3) is 0 Å². The monoisotopic (exact) mass is 351 g/mol. The molecule has 0 saturated carbocycles. The summed E-state index contributed by atoms with van der Waals surface area (Å²) in [4.78, 5) is 0. The standard InChI is InChI=1S/C16H21N3O4S/c1-20-12-7-10(8-13(21-2)14(12)22-3)15-17-18-16(24)19(15)9-11-5-4-6-23-11/h7-8,11H,4-6,9H2,1-3H3,(H,18,24)/t11-/m0/s1. The first kappa shape index (κ1) is 16.8. The number of aromatic nitrogens is 3. The minimum Gasteiger partial charge on any atom is -0.493 e. The lowest BCUT2D eigenvalue weighted by atomic mass is 10.1. The van der Waals surface area contributed by atoms with Gasteiger partial charge in [0.1, 0.15) is 0 Å². The maximum atomic E-state index is 5.72. The zero-order valence-electron chi connectivity index (χ0n) is 14.0. The highest BCUT2D eigenvalue weighted by atomic mass is 32.1. The molecule has 1 aliphatic rings. The van der Waals surface area contributed by atoms with Gasteiger partial charge in [-0.3, -0.25) is 9.67 Å². The number of nitrogens with zero attached hydrogens (tertiary/aromatic N) is 2. The smallest absolute Gasteiger partial charge is 0.203 e. The van der Waals surface area contributed by atoms with E-state index in [-0.39, 0.29) is 6.10 Å². The average molecular weight is 351 g/mol. The maximum Gasteiger partial charge on any atom is 0.203 e. The van der Waals surface area contributed by atoms with Gasteiger partial charge < -0.3 is 18.9 Å². The van der Waals surface area contributed by atoms with Gasteiger partial charge in [0.2, 0.25) is 5.75 Å². The molecule has 3 rings (SSSR count). The van der Waals surface area contributed by atoms with Gasteiger partial charge in [-0.15, -0.1) is 0 Å². The van der Waals surface area contributed by atoms with Crippen molar-refractivity contribution in [2.24, 2.45) is 0 Å². The fraction of sp³-hybridized carbons (Fsp3) is 0.500. The van der Waals surface area contributed by atoms with E-state index in [0.717, 1.165) is 30.8 Å². The van der Waals surface area contributed by atoms with Crippen LogP contribution in [0.3, 0.4) is 0 Å². The summed E-state index contributed by atoms with van der Waals surface area (Å²) in [5, 5.41) is 7.23. The normalized spacial score (nSPS) is 17.0. The minimum absolute atomic E-state index is 0.162. The fourth-order valence-electron chi connectivity index (χ4n) is 2.91. The first-order chi connectivity index (χ1) is 11.7. The van der Waals surface area contributed by atoms with Gasteiger partial charge in [0.15, 0.2) is 22.1 Å². The van der Waals surface area contributed by atoms with E-state index in [9.17, 15) is 0 Å². The van der Waals surface area contributed by atoms with Crippen LogP contribution in [-0.2, 0) is 11.3 Å². The van der Waals surface area contributed by atoms with Crippen LogP contribution in [0.2, 0.25) is 0 Å². The van der Waals surface area contributed by atoms with Crippen LogP contribution in [-0.4, -0.2) is 48.8 Å². The van der Waals surface area contributed by atoms with Crippen LogP contribution < -0.4 is 14.2 Å². The van der Waals surface area contributed by atoms with E-state index in [1.807, 2.05) is 16.7 Å². The second-order valence-corrected chi connectivity index (χ2v) is 5.90. The summed E-state index contributed by atoms with van der Waals surface area (Å²) in [5.41, 5.74) is 0.829. The molecule has 0 amide bonds. The number of hydrogen-bond acceptors (Lipinski definition) is 6. The zero-order valence-corrected chi connectivity index (χ0v) is 14.8. The van der Waals surface area contributed by atoms with Crippen molar-refractivity contribution in [2.75, 3.05) is 27.9 Å². The molecule has 1 N–H and O–H groups in total. The lowest BCUT2D eigenvalue weighted by Gasteiger charge is -2.15. The topological polar surface area (TPSA) is 70.5 Å². The highest BCUT2D eigenvalue weighted by Gasteiger charge is 2.21. The van der Waals surface area contributed by atoms with Gasteiger partial charge in [-0.25, -0.2) is 0 Å². The lowest BCUT2D eigenvalue weighted by molar-refractivity contribution is 0.0970. The van der Waals surface area contributed by atoms with Crippen molar-refractivity contribution in [3.05, 3.63) is 16.9 Å². The Hall–Kier alpha value is -2.06. The predicted molar refractivity (Wildman–Crippen MR) is 91.5 cm³/mol. The number of H-pyrrole nitrogens is 1. The van der Waals surface area contributed by atoms with Gasteiger partial charge in [-0.1, -0.05) is 0 Å². The van der Waals surface area contributed by atoms with Crippen LogP contribution in [0.5, 0.6) is 17.2 Å². The fourth-order valence-corrected chi connectivity index (χ4v) is 3.12. The van der Waals surface area contributed by atoms with E-state index >= 15 is 0 Å². The number of ether oxygens (including phenoxy) is 4. The third-order valence-electron chi connectivity index (χ3n) is 4.09.